The number of hydrogen-bond acceptors (Lipinski definition) is 5. The second-order valence-electron chi connectivity index (χ2n) is 5.88. The predicted octanol–water partition coefficient (Wildman–Crippen LogP) is 0.354. The molecule has 0 aromatic rings. The summed E-state index contributed by atoms with van der Waals surface area (Å²) in [5.74, 6) is 5.51. The van der Waals surface area contributed by atoms with Gasteiger partial charge in [0.25, 0.3) is 5.91 Å². The molecule has 2 aliphatic carbocycles. The molecular formula is C19H22N4O2. The van der Waals surface area contributed by atoms with Gasteiger partial charge in [-0.1, -0.05) is 36.1 Å². The summed E-state index contributed by atoms with van der Waals surface area (Å²) in [5.41, 5.74) is 9.83. The van der Waals surface area contributed by atoms with Gasteiger partial charge < -0.3 is 21.2 Å². The maximum absolute atomic E-state index is 12.5. The minimum atomic E-state index is -0.208. The van der Waals surface area contributed by atoms with E-state index < -0.39 is 0 Å². The number of carbonyl (C=O) groups excluding carboxylic acids is 1. The molecule has 0 radical (unpaired) electrons. The van der Waals surface area contributed by atoms with E-state index in [0.717, 1.165) is 30.8 Å². The number of carbonyl (C=O) groups is 1. The highest BCUT2D eigenvalue weighted by Crippen LogP contribution is 2.24. The molecule has 130 valence electrons. The van der Waals surface area contributed by atoms with Gasteiger partial charge in [0, 0.05) is 29.6 Å². The standard InChI is InChI=1S/C19H22N4O2/c24-11-5-4-10-20-19(25)16-6-2-1-3-7-17(16)22-15-9-8-14-13-21-23-18(14)12-15/h1-2,6-7,9,12,14,21-24H,3,8,10-11,13H2,(H,20,25). The van der Waals surface area contributed by atoms with Gasteiger partial charge in [-0.15, -0.1) is 0 Å². The summed E-state index contributed by atoms with van der Waals surface area (Å²) in [6, 6.07) is 0. The van der Waals surface area contributed by atoms with Crippen LogP contribution >= 0.6 is 0 Å². The first kappa shape index (κ1) is 17.1. The largest absolute Gasteiger partial charge is 0.384 e. The van der Waals surface area contributed by atoms with E-state index in [2.05, 4.69) is 45.5 Å². The van der Waals surface area contributed by atoms with Crippen molar-refractivity contribution in [1.29, 1.82) is 0 Å². The molecule has 0 aromatic heterocycles. The van der Waals surface area contributed by atoms with E-state index in [1.807, 2.05) is 18.2 Å². The molecule has 1 aliphatic heterocycles. The molecule has 25 heavy (non-hydrogen) atoms. The summed E-state index contributed by atoms with van der Waals surface area (Å²) in [5, 5.41) is 14.8. The molecule has 1 fully saturated rings. The van der Waals surface area contributed by atoms with Crippen molar-refractivity contribution in [3.63, 3.8) is 0 Å². The van der Waals surface area contributed by atoms with Crippen LogP contribution in [-0.2, 0) is 4.79 Å². The highest BCUT2D eigenvalue weighted by Gasteiger charge is 2.23. The van der Waals surface area contributed by atoms with Crippen molar-refractivity contribution >= 4 is 5.91 Å². The van der Waals surface area contributed by atoms with Crippen LogP contribution in [0.25, 0.3) is 0 Å². The third-order valence-corrected chi connectivity index (χ3v) is 4.17. The molecule has 6 heteroatoms. The van der Waals surface area contributed by atoms with Crippen molar-refractivity contribution in [2.45, 2.75) is 12.8 Å². The molecular weight excluding hydrogens is 316 g/mol. The highest BCUT2D eigenvalue weighted by molar-refractivity contribution is 5.98. The summed E-state index contributed by atoms with van der Waals surface area (Å²) in [4.78, 5) is 12.5. The first-order valence-corrected chi connectivity index (χ1v) is 8.37. The maximum Gasteiger partial charge on any atom is 0.254 e. The zero-order valence-electron chi connectivity index (χ0n) is 13.9. The Bertz CT molecular complexity index is 747. The molecule has 1 saturated heterocycles. The Morgan fingerprint density at radius 1 is 1.36 bits per heavy atom. The SMILES string of the molecule is O=C(NCC#CCO)C1=CC=CCC=C1NC1=CCC2CNNC2=C1. The normalized spacial score (nSPS) is 21.2. The van der Waals surface area contributed by atoms with Crippen LogP contribution < -0.4 is 21.5 Å². The van der Waals surface area contributed by atoms with E-state index in [0.29, 0.717) is 11.5 Å². The van der Waals surface area contributed by atoms with Gasteiger partial charge >= 0.3 is 0 Å². The predicted molar refractivity (Wildman–Crippen MR) is 96.3 cm³/mol. The van der Waals surface area contributed by atoms with Gasteiger partial charge in [0.05, 0.1) is 12.1 Å². The summed E-state index contributed by atoms with van der Waals surface area (Å²) < 4.78 is 0. The summed E-state index contributed by atoms with van der Waals surface area (Å²) >= 11 is 0. The van der Waals surface area contributed by atoms with Crippen molar-refractivity contribution in [2.75, 3.05) is 19.7 Å². The Labute approximate surface area is 147 Å². The number of amides is 1. The topological polar surface area (TPSA) is 85.4 Å². The first-order chi connectivity index (χ1) is 12.3. The first-order valence-electron chi connectivity index (χ1n) is 8.37. The molecule has 1 unspecified atom stereocenters. The van der Waals surface area contributed by atoms with E-state index in [1.54, 1.807) is 6.08 Å². The third-order valence-electron chi connectivity index (χ3n) is 4.17. The number of nitrogens with one attached hydrogen (secondary N) is 4. The number of aliphatic hydroxyl groups is 1. The van der Waals surface area contributed by atoms with Crippen LogP contribution in [0.5, 0.6) is 0 Å². The van der Waals surface area contributed by atoms with Crippen LogP contribution in [-0.4, -0.2) is 30.7 Å². The lowest BCUT2D eigenvalue weighted by atomic mass is 9.97. The Kier molecular flexibility index (Phi) is 5.73. The number of fused-ring (bicyclic) bond motifs is 1. The fraction of sp³-hybridized carbons (Fsp3) is 0.316. The fourth-order valence-electron chi connectivity index (χ4n) is 2.87. The monoisotopic (exact) mass is 338 g/mol. The molecule has 6 nitrogen and oxygen atoms in total. The number of hydrogen-bond donors (Lipinski definition) is 5. The molecule has 0 aromatic carbocycles. The zero-order chi connectivity index (χ0) is 17.5. The lowest BCUT2D eigenvalue weighted by molar-refractivity contribution is -0.117. The van der Waals surface area contributed by atoms with Crippen LogP contribution in [0.15, 0.2) is 59.1 Å². The average molecular weight is 338 g/mol. The second-order valence-corrected chi connectivity index (χ2v) is 5.88. The maximum atomic E-state index is 12.5. The van der Waals surface area contributed by atoms with E-state index in [9.17, 15) is 4.79 Å². The van der Waals surface area contributed by atoms with Gasteiger partial charge in [0.1, 0.15) is 6.61 Å². The van der Waals surface area contributed by atoms with E-state index in [4.69, 9.17) is 5.11 Å². The van der Waals surface area contributed by atoms with Gasteiger partial charge in [-0.05, 0) is 25.0 Å². The lowest BCUT2D eigenvalue weighted by Crippen LogP contribution is -2.29. The van der Waals surface area contributed by atoms with Gasteiger partial charge in [-0.25, -0.2) is 5.43 Å². The number of rotatable bonds is 4. The van der Waals surface area contributed by atoms with E-state index in [-0.39, 0.29) is 19.1 Å². The highest BCUT2D eigenvalue weighted by atomic mass is 16.2. The minimum absolute atomic E-state index is 0.194. The molecule has 1 atom stereocenters. The Hall–Kier alpha value is -2.75. The van der Waals surface area contributed by atoms with Crippen molar-refractivity contribution in [1.82, 2.24) is 21.5 Å². The minimum Gasteiger partial charge on any atom is -0.384 e. The average Bonchev–Trinajstić information content (AvgIpc) is 2.96. The Balaban J connectivity index is 1.69. The fourth-order valence-corrected chi connectivity index (χ4v) is 2.87. The van der Waals surface area contributed by atoms with Gasteiger partial charge in [-0.2, -0.15) is 0 Å². The molecule has 0 spiro atoms. The molecule has 1 heterocycles. The molecule has 3 aliphatic rings. The quantitative estimate of drug-likeness (QED) is 0.478. The molecule has 5 N–H and O–H groups in total. The summed E-state index contributed by atoms with van der Waals surface area (Å²) in [7, 11) is 0. The molecule has 0 bridgehead atoms. The number of hydrazine groups is 1. The molecule has 1 amide bonds. The third kappa shape index (κ3) is 4.41. The lowest BCUT2D eigenvalue weighted by Gasteiger charge is -2.19. The Morgan fingerprint density at radius 2 is 2.28 bits per heavy atom. The van der Waals surface area contributed by atoms with Crippen LogP contribution in [0.4, 0.5) is 0 Å². The number of allylic oxidation sites excluding steroid dienone is 6. The van der Waals surface area contributed by atoms with Gasteiger partial charge in [0.15, 0.2) is 0 Å². The van der Waals surface area contributed by atoms with Gasteiger partial charge in [-0.3, -0.25) is 4.79 Å². The van der Waals surface area contributed by atoms with Crippen LogP contribution in [0.1, 0.15) is 12.8 Å². The smallest absolute Gasteiger partial charge is 0.254 e. The van der Waals surface area contributed by atoms with Crippen molar-refractivity contribution in [3.8, 4) is 11.8 Å². The Morgan fingerprint density at radius 3 is 3.16 bits per heavy atom. The van der Waals surface area contributed by atoms with Crippen molar-refractivity contribution < 1.29 is 9.90 Å². The summed E-state index contributed by atoms with van der Waals surface area (Å²) in [6.45, 7) is 0.934. The summed E-state index contributed by atoms with van der Waals surface area (Å²) in [6.07, 6.45) is 13.6. The molecule has 3 rings (SSSR count). The van der Waals surface area contributed by atoms with Crippen molar-refractivity contribution in [2.24, 2.45) is 5.92 Å². The molecule has 0 saturated carbocycles. The van der Waals surface area contributed by atoms with E-state index in [1.165, 1.54) is 5.70 Å². The van der Waals surface area contributed by atoms with Crippen LogP contribution in [0, 0.1) is 17.8 Å². The van der Waals surface area contributed by atoms with Crippen LogP contribution in [0.3, 0.4) is 0 Å². The second kappa shape index (κ2) is 8.38. The number of aliphatic hydroxyl groups excluding tert-OH is 1. The van der Waals surface area contributed by atoms with Gasteiger partial charge in [0.2, 0.25) is 0 Å². The zero-order valence-corrected chi connectivity index (χ0v) is 13.9. The van der Waals surface area contributed by atoms with Crippen molar-refractivity contribution in [3.05, 3.63) is 59.1 Å². The van der Waals surface area contributed by atoms with Crippen LogP contribution in [0.2, 0.25) is 0 Å². The van der Waals surface area contributed by atoms with E-state index >= 15 is 0 Å².